The number of nitrogens with one attached hydrogen (secondary N) is 1. The Hall–Kier alpha value is -0.900. The van der Waals surface area contributed by atoms with E-state index in [2.05, 4.69) is 11.9 Å². The van der Waals surface area contributed by atoms with Gasteiger partial charge in [-0.15, -0.1) is 0 Å². The molecule has 1 heterocycles. The fourth-order valence-electron chi connectivity index (χ4n) is 1.49. The molecule has 1 saturated carbocycles. The molecule has 1 aliphatic carbocycles. The van der Waals surface area contributed by atoms with Crippen molar-refractivity contribution in [3.05, 3.63) is 27.4 Å². The van der Waals surface area contributed by atoms with Gasteiger partial charge in [-0.3, -0.25) is 9.78 Å². The second-order valence-electron chi connectivity index (χ2n) is 3.74. The van der Waals surface area contributed by atoms with Crippen LogP contribution in [0.15, 0.2) is 17.1 Å². The molecule has 0 aromatic carbocycles. The highest BCUT2D eigenvalue weighted by atomic mass is 32.1. The van der Waals surface area contributed by atoms with Gasteiger partial charge in [0.05, 0.1) is 0 Å². The molecule has 1 aromatic rings. The molecule has 3 nitrogen and oxygen atoms in total. The lowest BCUT2D eigenvalue weighted by atomic mass is 10.3. The quantitative estimate of drug-likeness (QED) is 0.729. The standard InChI is InChI=1S/C9H12N2OS/c1-6-4-7(6)5-11-3-2-8(12)10-9(11)13/h2-3,6-7H,4-5H2,1H3,(H,10,12,13). The number of aromatic nitrogens is 2. The van der Waals surface area contributed by atoms with Gasteiger partial charge in [-0.25, -0.2) is 0 Å². The molecular weight excluding hydrogens is 184 g/mol. The molecular formula is C9H12N2OS. The van der Waals surface area contributed by atoms with Gasteiger partial charge >= 0.3 is 0 Å². The number of nitrogens with zero attached hydrogens (tertiary/aromatic N) is 1. The molecule has 0 amide bonds. The SMILES string of the molecule is CC1CC1Cn1ccc(=O)[nH]c1=S. The van der Waals surface area contributed by atoms with Crippen molar-refractivity contribution < 1.29 is 0 Å². The molecule has 1 fully saturated rings. The zero-order chi connectivity index (χ0) is 9.42. The monoisotopic (exact) mass is 196 g/mol. The molecule has 0 aliphatic heterocycles. The zero-order valence-electron chi connectivity index (χ0n) is 7.49. The summed E-state index contributed by atoms with van der Waals surface area (Å²) in [5, 5.41) is 0. The lowest BCUT2D eigenvalue weighted by molar-refractivity contribution is 0.574. The topological polar surface area (TPSA) is 37.8 Å². The van der Waals surface area contributed by atoms with Crippen molar-refractivity contribution in [3.8, 4) is 0 Å². The van der Waals surface area contributed by atoms with Gasteiger partial charge in [-0.1, -0.05) is 6.92 Å². The smallest absolute Gasteiger partial charge is 0.251 e. The third kappa shape index (κ3) is 1.88. The summed E-state index contributed by atoms with van der Waals surface area (Å²) in [5.74, 6) is 1.56. The summed E-state index contributed by atoms with van der Waals surface area (Å²) < 4.78 is 2.47. The van der Waals surface area contributed by atoms with Crippen molar-refractivity contribution in [3.63, 3.8) is 0 Å². The van der Waals surface area contributed by atoms with Crippen LogP contribution < -0.4 is 5.56 Å². The minimum Gasteiger partial charge on any atom is -0.325 e. The first-order valence-corrected chi connectivity index (χ1v) is 4.87. The Morgan fingerprint density at radius 2 is 2.46 bits per heavy atom. The van der Waals surface area contributed by atoms with Crippen LogP contribution in [0.25, 0.3) is 0 Å². The highest BCUT2D eigenvalue weighted by Crippen LogP contribution is 2.38. The van der Waals surface area contributed by atoms with Crippen LogP contribution >= 0.6 is 12.2 Å². The number of hydrogen-bond acceptors (Lipinski definition) is 2. The summed E-state index contributed by atoms with van der Waals surface area (Å²) in [6.45, 7) is 3.18. The Labute approximate surface area is 81.4 Å². The molecule has 2 rings (SSSR count). The van der Waals surface area contributed by atoms with Crippen molar-refractivity contribution in [2.45, 2.75) is 19.9 Å². The minimum atomic E-state index is -0.120. The van der Waals surface area contributed by atoms with E-state index in [1.807, 2.05) is 4.57 Å². The van der Waals surface area contributed by atoms with E-state index < -0.39 is 0 Å². The fourth-order valence-corrected chi connectivity index (χ4v) is 1.73. The Balaban J connectivity index is 2.21. The maximum atomic E-state index is 10.9. The normalized spacial score (nSPS) is 25.9. The van der Waals surface area contributed by atoms with Crippen LogP contribution in [0, 0.1) is 16.6 Å². The molecule has 0 bridgehead atoms. The molecule has 0 radical (unpaired) electrons. The van der Waals surface area contributed by atoms with Crippen LogP contribution in [0.5, 0.6) is 0 Å². The first-order chi connectivity index (χ1) is 6.16. The van der Waals surface area contributed by atoms with Crippen molar-refractivity contribution in [1.82, 2.24) is 9.55 Å². The summed E-state index contributed by atoms with van der Waals surface area (Å²) in [4.78, 5) is 13.5. The van der Waals surface area contributed by atoms with Gasteiger partial charge in [0.2, 0.25) is 0 Å². The molecule has 1 N–H and O–H groups in total. The van der Waals surface area contributed by atoms with Crippen molar-refractivity contribution in [2.75, 3.05) is 0 Å². The second-order valence-corrected chi connectivity index (χ2v) is 4.12. The van der Waals surface area contributed by atoms with E-state index in [0.29, 0.717) is 4.77 Å². The van der Waals surface area contributed by atoms with Crippen LogP contribution in [0.3, 0.4) is 0 Å². The van der Waals surface area contributed by atoms with Crippen LogP contribution in [0.1, 0.15) is 13.3 Å². The van der Waals surface area contributed by atoms with Crippen LogP contribution in [0.4, 0.5) is 0 Å². The van der Waals surface area contributed by atoms with Gasteiger partial charge in [0.25, 0.3) is 5.56 Å². The highest BCUT2D eigenvalue weighted by molar-refractivity contribution is 7.71. The van der Waals surface area contributed by atoms with Crippen molar-refractivity contribution in [1.29, 1.82) is 0 Å². The first kappa shape index (κ1) is 8.69. The molecule has 2 unspecified atom stereocenters. The van der Waals surface area contributed by atoms with Gasteiger partial charge in [0, 0.05) is 18.8 Å². The summed E-state index contributed by atoms with van der Waals surface area (Å²) >= 11 is 5.03. The lowest BCUT2D eigenvalue weighted by Crippen LogP contribution is -2.12. The molecule has 1 aliphatic rings. The third-order valence-corrected chi connectivity index (χ3v) is 2.94. The maximum Gasteiger partial charge on any atom is 0.251 e. The van der Waals surface area contributed by atoms with E-state index >= 15 is 0 Å². The van der Waals surface area contributed by atoms with Gasteiger partial charge in [0.1, 0.15) is 0 Å². The van der Waals surface area contributed by atoms with E-state index in [1.165, 1.54) is 12.5 Å². The van der Waals surface area contributed by atoms with Crippen molar-refractivity contribution in [2.24, 2.45) is 11.8 Å². The molecule has 0 saturated heterocycles. The molecule has 13 heavy (non-hydrogen) atoms. The number of rotatable bonds is 2. The molecule has 70 valence electrons. The Bertz CT molecular complexity index is 420. The van der Waals surface area contributed by atoms with E-state index in [1.54, 1.807) is 6.20 Å². The molecule has 0 spiro atoms. The third-order valence-electron chi connectivity index (χ3n) is 2.60. The van der Waals surface area contributed by atoms with Crippen LogP contribution in [-0.4, -0.2) is 9.55 Å². The Morgan fingerprint density at radius 1 is 1.77 bits per heavy atom. The summed E-state index contributed by atoms with van der Waals surface area (Å²) in [6.07, 6.45) is 3.05. The predicted molar refractivity (Wildman–Crippen MR) is 53.2 cm³/mol. The van der Waals surface area contributed by atoms with E-state index in [4.69, 9.17) is 12.2 Å². The minimum absolute atomic E-state index is 0.120. The van der Waals surface area contributed by atoms with E-state index in [9.17, 15) is 4.79 Å². The highest BCUT2D eigenvalue weighted by Gasteiger charge is 2.32. The Morgan fingerprint density at radius 3 is 3.00 bits per heavy atom. The lowest BCUT2D eigenvalue weighted by Gasteiger charge is -2.03. The van der Waals surface area contributed by atoms with Gasteiger partial charge in [-0.2, -0.15) is 0 Å². The summed E-state index contributed by atoms with van der Waals surface area (Å²) in [5.41, 5.74) is -0.120. The second kappa shape index (κ2) is 3.10. The molecule has 4 heteroatoms. The number of H-pyrrole nitrogens is 1. The van der Waals surface area contributed by atoms with Crippen LogP contribution in [-0.2, 0) is 6.54 Å². The van der Waals surface area contributed by atoms with Gasteiger partial charge in [-0.05, 0) is 30.5 Å². The van der Waals surface area contributed by atoms with Gasteiger partial charge in [0.15, 0.2) is 4.77 Å². The molecule has 2 atom stereocenters. The Kier molecular flexibility index (Phi) is 2.07. The zero-order valence-corrected chi connectivity index (χ0v) is 8.30. The number of aromatic amines is 1. The van der Waals surface area contributed by atoms with Crippen LogP contribution in [0.2, 0.25) is 0 Å². The first-order valence-electron chi connectivity index (χ1n) is 4.46. The number of hydrogen-bond donors (Lipinski definition) is 1. The predicted octanol–water partition coefficient (Wildman–Crippen LogP) is 1.56. The summed E-state index contributed by atoms with van der Waals surface area (Å²) in [7, 11) is 0. The average Bonchev–Trinajstić information content (AvgIpc) is 2.73. The maximum absolute atomic E-state index is 10.9. The van der Waals surface area contributed by atoms with Gasteiger partial charge < -0.3 is 4.57 Å². The summed E-state index contributed by atoms with van der Waals surface area (Å²) in [6, 6.07) is 1.52. The molecule has 1 aromatic heterocycles. The van der Waals surface area contributed by atoms with E-state index in [0.717, 1.165) is 18.4 Å². The average molecular weight is 196 g/mol. The van der Waals surface area contributed by atoms with Crippen molar-refractivity contribution >= 4 is 12.2 Å². The largest absolute Gasteiger partial charge is 0.325 e. The fraction of sp³-hybridized carbons (Fsp3) is 0.556. The van der Waals surface area contributed by atoms with E-state index in [-0.39, 0.29) is 5.56 Å².